The summed E-state index contributed by atoms with van der Waals surface area (Å²) >= 11 is 0. The molecule has 1 unspecified atom stereocenters. The predicted octanol–water partition coefficient (Wildman–Crippen LogP) is 2.47. The molecule has 0 spiro atoms. The number of benzene rings is 1. The van der Waals surface area contributed by atoms with Crippen LogP contribution in [0.4, 0.5) is 0 Å². The van der Waals surface area contributed by atoms with E-state index < -0.39 is 0 Å². The fourth-order valence-corrected chi connectivity index (χ4v) is 2.37. The van der Waals surface area contributed by atoms with E-state index in [1.807, 2.05) is 19.1 Å². The highest BCUT2D eigenvalue weighted by Gasteiger charge is 2.26. The zero-order chi connectivity index (χ0) is 12.7. The third kappa shape index (κ3) is 1.73. The molecule has 4 nitrogen and oxygen atoms in total. The zero-order valence-electron chi connectivity index (χ0n) is 10.6. The van der Waals surface area contributed by atoms with Crippen molar-refractivity contribution < 1.29 is 9.53 Å². The SMILES string of the molecule is Cc1cc2ncn(C(=O)C3CCCO3)c2cc1C. The van der Waals surface area contributed by atoms with Gasteiger partial charge in [-0.2, -0.15) is 0 Å². The van der Waals surface area contributed by atoms with Crippen molar-refractivity contribution in [2.24, 2.45) is 0 Å². The number of hydrogen-bond donors (Lipinski definition) is 0. The van der Waals surface area contributed by atoms with Gasteiger partial charge in [-0.1, -0.05) is 0 Å². The monoisotopic (exact) mass is 244 g/mol. The minimum absolute atomic E-state index is 0.00162. The summed E-state index contributed by atoms with van der Waals surface area (Å²) in [4.78, 5) is 16.6. The van der Waals surface area contributed by atoms with Crippen LogP contribution in [0, 0.1) is 13.8 Å². The minimum atomic E-state index is -0.302. The number of fused-ring (bicyclic) bond motifs is 1. The van der Waals surface area contributed by atoms with Gasteiger partial charge in [-0.15, -0.1) is 0 Å². The van der Waals surface area contributed by atoms with Crippen LogP contribution in [0.5, 0.6) is 0 Å². The van der Waals surface area contributed by atoms with E-state index in [1.165, 1.54) is 11.1 Å². The van der Waals surface area contributed by atoms with Crippen LogP contribution in [0.15, 0.2) is 18.5 Å². The molecular formula is C14H16N2O2. The van der Waals surface area contributed by atoms with Gasteiger partial charge in [0.15, 0.2) is 0 Å². The van der Waals surface area contributed by atoms with Crippen molar-refractivity contribution in [2.45, 2.75) is 32.8 Å². The van der Waals surface area contributed by atoms with Gasteiger partial charge in [0.05, 0.1) is 11.0 Å². The summed E-state index contributed by atoms with van der Waals surface area (Å²) in [7, 11) is 0. The molecule has 1 saturated heterocycles. The number of imidazole rings is 1. The Bertz CT molecular complexity index is 610. The Morgan fingerprint density at radius 2 is 2.17 bits per heavy atom. The number of carbonyl (C=O) groups excluding carboxylic acids is 1. The number of nitrogens with zero attached hydrogens (tertiary/aromatic N) is 2. The Balaban J connectivity index is 2.06. The third-order valence-electron chi connectivity index (χ3n) is 3.61. The molecule has 2 aromatic rings. The van der Waals surface area contributed by atoms with E-state index in [9.17, 15) is 4.79 Å². The van der Waals surface area contributed by atoms with Crippen LogP contribution in [0.3, 0.4) is 0 Å². The Kier molecular flexibility index (Phi) is 2.67. The fraction of sp³-hybridized carbons (Fsp3) is 0.429. The van der Waals surface area contributed by atoms with Crippen LogP contribution < -0.4 is 0 Å². The summed E-state index contributed by atoms with van der Waals surface area (Å²) in [5, 5.41) is 0. The van der Waals surface area contributed by atoms with Gasteiger partial charge in [-0.05, 0) is 49.9 Å². The molecule has 0 saturated carbocycles. The number of hydrogen-bond acceptors (Lipinski definition) is 3. The van der Waals surface area contributed by atoms with E-state index in [1.54, 1.807) is 10.9 Å². The molecule has 2 heterocycles. The summed E-state index contributed by atoms with van der Waals surface area (Å²) in [6, 6.07) is 4.04. The largest absolute Gasteiger partial charge is 0.368 e. The highest BCUT2D eigenvalue weighted by atomic mass is 16.5. The summed E-state index contributed by atoms with van der Waals surface area (Å²) in [5.74, 6) is -0.00162. The molecule has 0 aliphatic carbocycles. The smallest absolute Gasteiger partial charge is 0.261 e. The average molecular weight is 244 g/mol. The lowest BCUT2D eigenvalue weighted by atomic mass is 10.1. The number of rotatable bonds is 1. The summed E-state index contributed by atoms with van der Waals surface area (Å²) < 4.78 is 7.07. The van der Waals surface area contributed by atoms with Crippen molar-refractivity contribution >= 4 is 16.9 Å². The maximum atomic E-state index is 12.3. The van der Waals surface area contributed by atoms with Gasteiger partial charge in [-0.25, -0.2) is 4.98 Å². The number of carbonyl (C=O) groups is 1. The molecule has 0 radical (unpaired) electrons. The van der Waals surface area contributed by atoms with Crippen molar-refractivity contribution in [1.29, 1.82) is 0 Å². The molecule has 1 atom stereocenters. The quantitative estimate of drug-likeness (QED) is 0.774. The first-order valence-corrected chi connectivity index (χ1v) is 6.27. The summed E-state index contributed by atoms with van der Waals surface area (Å²) in [6.07, 6.45) is 3.07. The Morgan fingerprint density at radius 3 is 2.89 bits per heavy atom. The molecule has 4 heteroatoms. The second-order valence-electron chi connectivity index (χ2n) is 4.88. The molecule has 1 aromatic heterocycles. The molecule has 1 aliphatic rings. The molecule has 18 heavy (non-hydrogen) atoms. The topological polar surface area (TPSA) is 44.1 Å². The van der Waals surface area contributed by atoms with Crippen molar-refractivity contribution in [3.8, 4) is 0 Å². The van der Waals surface area contributed by atoms with E-state index in [0.29, 0.717) is 6.61 Å². The zero-order valence-corrected chi connectivity index (χ0v) is 10.6. The van der Waals surface area contributed by atoms with Crippen molar-refractivity contribution in [3.63, 3.8) is 0 Å². The van der Waals surface area contributed by atoms with E-state index in [0.717, 1.165) is 23.9 Å². The molecule has 0 bridgehead atoms. The maximum absolute atomic E-state index is 12.3. The van der Waals surface area contributed by atoms with Gasteiger partial charge in [0.25, 0.3) is 5.91 Å². The van der Waals surface area contributed by atoms with Crippen LogP contribution in [0.1, 0.15) is 28.8 Å². The molecule has 3 rings (SSSR count). The molecular weight excluding hydrogens is 228 g/mol. The molecule has 94 valence electrons. The third-order valence-corrected chi connectivity index (χ3v) is 3.61. The van der Waals surface area contributed by atoms with Crippen molar-refractivity contribution in [3.05, 3.63) is 29.6 Å². The van der Waals surface area contributed by atoms with E-state index in [-0.39, 0.29) is 12.0 Å². The van der Waals surface area contributed by atoms with Gasteiger partial charge < -0.3 is 4.74 Å². The predicted molar refractivity (Wildman–Crippen MR) is 68.8 cm³/mol. The van der Waals surface area contributed by atoms with E-state index in [2.05, 4.69) is 11.9 Å². The van der Waals surface area contributed by atoms with Crippen LogP contribution in [0.25, 0.3) is 11.0 Å². The van der Waals surface area contributed by atoms with Gasteiger partial charge >= 0.3 is 0 Å². The maximum Gasteiger partial charge on any atom is 0.261 e. The highest BCUT2D eigenvalue weighted by Crippen LogP contribution is 2.21. The lowest BCUT2D eigenvalue weighted by Crippen LogP contribution is -2.25. The Hall–Kier alpha value is -1.68. The van der Waals surface area contributed by atoms with Crippen LogP contribution in [0.2, 0.25) is 0 Å². The molecule has 1 aromatic carbocycles. The van der Waals surface area contributed by atoms with E-state index in [4.69, 9.17) is 4.74 Å². The van der Waals surface area contributed by atoms with Gasteiger partial charge in [0, 0.05) is 6.61 Å². The Labute approximate surface area is 106 Å². The lowest BCUT2D eigenvalue weighted by molar-refractivity contribution is 0.0559. The molecule has 0 amide bonds. The van der Waals surface area contributed by atoms with E-state index >= 15 is 0 Å². The summed E-state index contributed by atoms with van der Waals surface area (Å²) in [6.45, 7) is 4.78. The standard InChI is InChI=1S/C14H16N2O2/c1-9-6-11-12(7-10(9)2)16(8-15-11)14(17)13-4-3-5-18-13/h6-8,13H,3-5H2,1-2H3. The van der Waals surface area contributed by atoms with Crippen molar-refractivity contribution in [1.82, 2.24) is 9.55 Å². The first-order valence-electron chi connectivity index (χ1n) is 6.27. The van der Waals surface area contributed by atoms with Gasteiger partial charge in [0.1, 0.15) is 12.4 Å². The molecule has 1 fully saturated rings. The van der Waals surface area contributed by atoms with Crippen LogP contribution >= 0.6 is 0 Å². The number of ether oxygens (including phenoxy) is 1. The van der Waals surface area contributed by atoms with Crippen LogP contribution in [-0.2, 0) is 4.74 Å². The summed E-state index contributed by atoms with van der Waals surface area (Å²) in [5.41, 5.74) is 4.10. The second-order valence-corrected chi connectivity index (χ2v) is 4.88. The Morgan fingerprint density at radius 1 is 1.39 bits per heavy atom. The van der Waals surface area contributed by atoms with Gasteiger partial charge in [0.2, 0.25) is 0 Å². The highest BCUT2D eigenvalue weighted by molar-refractivity contribution is 5.93. The first kappa shape index (κ1) is 11.4. The van der Waals surface area contributed by atoms with Gasteiger partial charge in [-0.3, -0.25) is 9.36 Å². The first-order chi connectivity index (χ1) is 8.66. The molecule has 0 N–H and O–H groups in total. The molecule has 1 aliphatic heterocycles. The second kappa shape index (κ2) is 4.21. The van der Waals surface area contributed by atoms with Crippen molar-refractivity contribution in [2.75, 3.05) is 6.61 Å². The lowest BCUT2D eigenvalue weighted by Gasteiger charge is -2.09. The number of aromatic nitrogens is 2. The average Bonchev–Trinajstić information content (AvgIpc) is 2.98. The minimum Gasteiger partial charge on any atom is -0.368 e. The van der Waals surface area contributed by atoms with Crippen LogP contribution in [-0.4, -0.2) is 28.2 Å². The normalized spacial score (nSPS) is 19.6. The number of aryl methyl sites for hydroxylation is 2. The fourth-order valence-electron chi connectivity index (χ4n) is 2.37.